The molecule has 0 radical (unpaired) electrons. The standard InChI is InChI=1S/C18H17ClF3N3OS.C18H18ClN3OS.C2H6/c19-13-4-3-12-17(9-7-14(20)16(22)15(21)8-9)24-25-18(12)11(13)2-1-10(26)5-6-23-27;19-15-6-5-12(18-14-3-1-2-4-16(14)20-21-18)11-17(15)24-22-9-7-13(23)8-10-22;1-2/h3-4,7-8,10,23,26-27H,1-2,5-6H2,(H,24,25);1-6,11,13,23H,7-10H2,(H,20,21);1-2H3. The highest BCUT2D eigenvalue weighted by atomic mass is 35.5. The van der Waals surface area contributed by atoms with Crippen molar-refractivity contribution in [1.29, 1.82) is 0 Å². The van der Waals surface area contributed by atoms with Gasteiger partial charge in [0.25, 0.3) is 0 Å². The summed E-state index contributed by atoms with van der Waals surface area (Å²) in [5.74, 6) is -4.08. The molecule has 0 aliphatic carbocycles. The van der Waals surface area contributed by atoms with Crippen LogP contribution in [0.15, 0.2) is 71.6 Å². The molecule has 2 aromatic heterocycles. The van der Waals surface area contributed by atoms with Crippen LogP contribution in [0, 0.1) is 17.5 Å². The second kappa shape index (κ2) is 19.4. The Kier molecular flexibility index (Phi) is 14.9. The minimum Gasteiger partial charge on any atom is -0.393 e. The van der Waals surface area contributed by atoms with E-state index in [2.05, 4.69) is 54.4 Å². The maximum absolute atomic E-state index is 13.6. The Morgan fingerprint density at radius 1 is 0.887 bits per heavy atom. The van der Waals surface area contributed by atoms with E-state index < -0.39 is 23.6 Å². The number of hydrogen-bond donors (Lipinski definition) is 6. The van der Waals surface area contributed by atoms with Gasteiger partial charge in [-0.25, -0.2) is 17.5 Å². The van der Waals surface area contributed by atoms with Gasteiger partial charge in [-0.1, -0.05) is 74.1 Å². The summed E-state index contributed by atoms with van der Waals surface area (Å²) in [4.78, 5) is 1.03. The van der Waals surface area contributed by atoms with Crippen molar-refractivity contribution in [2.24, 2.45) is 0 Å². The van der Waals surface area contributed by atoms with Crippen LogP contribution in [0.2, 0.25) is 10.0 Å². The van der Waals surface area contributed by atoms with Crippen molar-refractivity contribution in [2.45, 2.75) is 63.1 Å². The van der Waals surface area contributed by atoms with E-state index in [0.29, 0.717) is 47.4 Å². The highest BCUT2D eigenvalue weighted by molar-refractivity contribution is 7.97. The molecule has 8 nitrogen and oxygen atoms in total. The number of rotatable bonds is 10. The van der Waals surface area contributed by atoms with E-state index in [0.717, 1.165) is 75.7 Å². The molecule has 0 spiro atoms. The molecule has 5 N–H and O–H groups in total. The van der Waals surface area contributed by atoms with Gasteiger partial charge in [-0.15, -0.1) is 0 Å². The summed E-state index contributed by atoms with van der Waals surface area (Å²) < 4.78 is 45.3. The monoisotopic (exact) mass is 804 g/mol. The fraction of sp³-hybridized carbons (Fsp3) is 0.316. The summed E-state index contributed by atoms with van der Waals surface area (Å²) in [6.07, 6.45) is 2.43. The number of aromatic amines is 2. The Morgan fingerprint density at radius 3 is 2.26 bits per heavy atom. The molecule has 53 heavy (non-hydrogen) atoms. The first-order valence-corrected chi connectivity index (χ1v) is 19.3. The quantitative estimate of drug-likeness (QED) is 0.0465. The lowest BCUT2D eigenvalue weighted by Gasteiger charge is -2.28. The van der Waals surface area contributed by atoms with Crippen molar-refractivity contribution in [3.63, 3.8) is 0 Å². The Labute approximate surface area is 326 Å². The molecule has 1 aliphatic heterocycles. The molecule has 15 heteroatoms. The Hall–Kier alpha value is -3.27. The van der Waals surface area contributed by atoms with Gasteiger partial charge in [-0.2, -0.15) is 10.2 Å². The molecule has 1 unspecified atom stereocenters. The third-order valence-corrected chi connectivity index (χ3v) is 10.9. The summed E-state index contributed by atoms with van der Waals surface area (Å²) >= 11 is 18.2. The fourth-order valence-corrected chi connectivity index (χ4v) is 7.55. The first-order chi connectivity index (χ1) is 25.6. The first-order valence-electron chi connectivity index (χ1n) is 17.3. The number of para-hydroxylation sites is 1. The number of halogens is 5. The predicted molar refractivity (Wildman–Crippen MR) is 213 cm³/mol. The zero-order valence-corrected chi connectivity index (χ0v) is 32.4. The molecule has 6 aromatic rings. The normalized spacial score (nSPS) is 14.2. The van der Waals surface area contributed by atoms with Crippen LogP contribution in [-0.4, -0.2) is 66.8 Å². The molecule has 0 saturated carbocycles. The van der Waals surface area contributed by atoms with Gasteiger partial charge < -0.3 is 10.2 Å². The number of thiol groups is 1. The minimum absolute atomic E-state index is 0.116. The molecule has 1 saturated heterocycles. The van der Waals surface area contributed by atoms with E-state index in [1.165, 1.54) is 0 Å². The van der Waals surface area contributed by atoms with Crippen molar-refractivity contribution in [3.8, 4) is 22.5 Å². The zero-order valence-electron chi connectivity index (χ0n) is 29.1. The SMILES string of the molecule is CC.OC(CCNS)CCc1c(Cl)ccc2c(-c3cc(F)c(F)c(F)c3)n[nH]c12.OC1CCN(Sc2cc(-c3n[nH]c4ccccc34)ccc2Cl)CC1. The molecule has 1 atom stereocenters. The smallest absolute Gasteiger partial charge is 0.194 e. The molecule has 0 amide bonds. The Bertz CT molecular complexity index is 2100. The molecule has 3 heterocycles. The molecular weight excluding hydrogens is 764 g/mol. The Balaban J connectivity index is 0.000000196. The number of H-pyrrole nitrogens is 2. The minimum atomic E-state index is -1.52. The van der Waals surface area contributed by atoms with Crippen LogP contribution >= 0.6 is 48.0 Å². The predicted octanol–water partition coefficient (Wildman–Crippen LogP) is 9.79. The van der Waals surface area contributed by atoms with Crippen LogP contribution in [0.4, 0.5) is 13.2 Å². The second-order valence-corrected chi connectivity index (χ2v) is 14.4. The van der Waals surface area contributed by atoms with Gasteiger partial charge in [0, 0.05) is 51.5 Å². The summed E-state index contributed by atoms with van der Waals surface area (Å²) in [5.41, 5.74) is 4.79. The molecule has 7 rings (SSSR count). The number of benzene rings is 4. The third kappa shape index (κ3) is 10.1. The van der Waals surface area contributed by atoms with E-state index in [-0.39, 0.29) is 11.7 Å². The van der Waals surface area contributed by atoms with Gasteiger partial charge >= 0.3 is 0 Å². The van der Waals surface area contributed by atoms with Crippen LogP contribution in [0.25, 0.3) is 44.3 Å². The molecule has 0 bridgehead atoms. The average molecular weight is 806 g/mol. The van der Waals surface area contributed by atoms with E-state index in [9.17, 15) is 23.4 Å². The first kappa shape index (κ1) is 40.9. The van der Waals surface area contributed by atoms with Gasteiger partial charge in [0.2, 0.25) is 0 Å². The van der Waals surface area contributed by atoms with Gasteiger partial charge in [-0.05, 0) is 92.1 Å². The summed E-state index contributed by atoms with van der Waals surface area (Å²) in [5, 5.41) is 37.1. The third-order valence-electron chi connectivity index (χ3n) is 8.69. The zero-order chi connectivity index (χ0) is 38.1. The molecule has 1 fully saturated rings. The van der Waals surface area contributed by atoms with E-state index in [1.807, 2.05) is 44.2 Å². The van der Waals surface area contributed by atoms with Gasteiger partial charge in [0.05, 0.1) is 34.0 Å². The van der Waals surface area contributed by atoms with Crippen molar-refractivity contribution in [2.75, 3.05) is 19.6 Å². The largest absolute Gasteiger partial charge is 0.393 e. The fourth-order valence-electron chi connectivity index (χ4n) is 5.94. The Morgan fingerprint density at radius 2 is 1.55 bits per heavy atom. The van der Waals surface area contributed by atoms with Crippen molar-refractivity contribution in [1.82, 2.24) is 29.4 Å². The number of hydrogen-bond acceptors (Lipinski definition) is 8. The lowest BCUT2D eigenvalue weighted by molar-refractivity contribution is 0.116. The number of aliphatic hydroxyl groups excluding tert-OH is 2. The topological polar surface area (TPSA) is 113 Å². The van der Waals surface area contributed by atoms with E-state index in [1.54, 1.807) is 24.1 Å². The van der Waals surface area contributed by atoms with Crippen LogP contribution in [-0.2, 0) is 6.42 Å². The maximum Gasteiger partial charge on any atom is 0.194 e. The molecule has 282 valence electrons. The lowest BCUT2D eigenvalue weighted by atomic mass is 10.0. The number of fused-ring (bicyclic) bond motifs is 2. The number of nitrogens with one attached hydrogen (secondary N) is 3. The number of aryl methyl sites for hydroxylation is 1. The van der Waals surface area contributed by atoms with Crippen LogP contribution in [0.5, 0.6) is 0 Å². The summed E-state index contributed by atoms with van der Waals surface area (Å²) in [6.45, 7) is 6.31. The summed E-state index contributed by atoms with van der Waals surface area (Å²) in [7, 11) is 0. The van der Waals surface area contributed by atoms with Gasteiger partial charge in [0.15, 0.2) is 17.5 Å². The van der Waals surface area contributed by atoms with Crippen molar-refractivity contribution >= 4 is 69.8 Å². The van der Waals surface area contributed by atoms with Crippen LogP contribution in [0.1, 0.15) is 45.1 Å². The average Bonchev–Trinajstić information content (AvgIpc) is 3.80. The second-order valence-electron chi connectivity index (χ2n) is 12.2. The molecular formula is C38H41Cl2F3N6O2S2. The number of nitrogens with zero attached hydrogens (tertiary/aromatic N) is 3. The van der Waals surface area contributed by atoms with Crippen LogP contribution < -0.4 is 4.72 Å². The van der Waals surface area contributed by atoms with Gasteiger partial charge in [0.1, 0.15) is 5.69 Å². The van der Waals surface area contributed by atoms with Crippen molar-refractivity contribution < 1.29 is 23.4 Å². The number of aromatic nitrogens is 4. The van der Waals surface area contributed by atoms with Crippen LogP contribution in [0.3, 0.4) is 0 Å². The highest BCUT2D eigenvalue weighted by Crippen LogP contribution is 2.37. The van der Waals surface area contributed by atoms with E-state index >= 15 is 0 Å². The maximum atomic E-state index is 13.6. The number of aliphatic hydroxyl groups is 2. The highest BCUT2D eigenvalue weighted by Gasteiger charge is 2.21. The summed E-state index contributed by atoms with van der Waals surface area (Å²) in [6, 6.07) is 19.3. The van der Waals surface area contributed by atoms with E-state index in [4.69, 9.17) is 23.2 Å². The molecule has 1 aliphatic rings. The van der Waals surface area contributed by atoms with Crippen molar-refractivity contribution in [3.05, 3.63) is 99.8 Å². The number of piperidine rings is 1. The van der Waals surface area contributed by atoms with Gasteiger partial charge in [-0.3, -0.25) is 14.9 Å². The molecule has 4 aromatic carbocycles. The lowest BCUT2D eigenvalue weighted by Crippen LogP contribution is -2.31.